The molecule has 1 aliphatic rings. The highest BCUT2D eigenvalue weighted by Crippen LogP contribution is 2.35. The zero-order chi connectivity index (χ0) is 13.1. The third kappa shape index (κ3) is 3.20. The normalized spacial score (nSPS) is 15.6. The molecule has 1 aliphatic carbocycles. The Labute approximate surface area is 108 Å². The standard InChI is InChI=1S/C15H19NO2/c1-10-3-4-12(9-17)8-14(10)16-15(18)7-11(2)13-5-6-13/h3-4,7-8,13,17H,5-6,9H2,1-2H3,(H,16,18)/b11-7-. The topological polar surface area (TPSA) is 49.3 Å². The van der Waals surface area contributed by atoms with Gasteiger partial charge in [-0.15, -0.1) is 0 Å². The molecular weight excluding hydrogens is 226 g/mol. The highest BCUT2D eigenvalue weighted by atomic mass is 16.3. The first kappa shape index (κ1) is 12.8. The third-order valence-corrected chi connectivity index (χ3v) is 3.32. The zero-order valence-electron chi connectivity index (χ0n) is 10.9. The second-order valence-electron chi connectivity index (χ2n) is 4.96. The Kier molecular flexibility index (Phi) is 3.82. The summed E-state index contributed by atoms with van der Waals surface area (Å²) < 4.78 is 0. The Hall–Kier alpha value is -1.61. The molecular formula is C15H19NO2. The van der Waals surface area contributed by atoms with Gasteiger partial charge in [0.25, 0.3) is 0 Å². The van der Waals surface area contributed by atoms with Crippen LogP contribution < -0.4 is 5.32 Å². The predicted molar refractivity (Wildman–Crippen MR) is 72.2 cm³/mol. The average Bonchev–Trinajstić information content (AvgIpc) is 3.15. The molecule has 0 heterocycles. The minimum atomic E-state index is -0.0856. The predicted octanol–water partition coefficient (Wildman–Crippen LogP) is 2.78. The molecule has 1 saturated carbocycles. The minimum absolute atomic E-state index is 0.0138. The van der Waals surface area contributed by atoms with Crippen molar-refractivity contribution in [3.8, 4) is 0 Å². The molecule has 0 bridgehead atoms. The third-order valence-electron chi connectivity index (χ3n) is 3.32. The molecule has 0 aromatic heterocycles. The molecule has 18 heavy (non-hydrogen) atoms. The number of benzene rings is 1. The quantitative estimate of drug-likeness (QED) is 0.801. The maximum Gasteiger partial charge on any atom is 0.248 e. The van der Waals surface area contributed by atoms with Gasteiger partial charge in [0.1, 0.15) is 0 Å². The fourth-order valence-electron chi connectivity index (χ4n) is 1.93. The molecule has 3 heteroatoms. The second kappa shape index (κ2) is 5.36. The summed E-state index contributed by atoms with van der Waals surface area (Å²) in [5, 5.41) is 12.0. The van der Waals surface area contributed by atoms with Gasteiger partial charge in [0.15, 0.2) is 0 Å². The molecule has 1 aromatic carbocycles. The van der Waals surface area contributed by atoms with Crippen LogP contribution in [0.4, 0.5) is 5.69 Å². The average molecular weight is 245 g/mol. The van der Waals surface area contributed by atoms with Crippen molar-refractivity contribution in [2.75, 3.05) is 5.32 Å². The van der Waals surface area contributed by atoms with Crippen LogP contribution in [0.25, 0.3) is 0 Å². The van der Waals surface area contributed by atoms with E-state index in [1.54, 1.807) is 6.08 Å². The van der Waals surface area contributed by atoms with E-state index in [1.807, 2.05) is 32.0 Å². The van der Waals surface area contributed by atoms with Crippen LogP contribution in [0.2, 0.25) is 0 Å². The van der Waals surface area contributed by atoms with Crippen molar-refractivity contribution in [2.45, 2.75) is 33.3 Å². The molecule has 1 fully saturated rings. The Bertz CT molecular complexity index is 487. The SMILES string of the molecule is C/C(=C/C(=O)Nc1cc(CO)ccc1C)C1CC1. The molecule has 0 aliphatic heterocycles. The zero-order valence-corrected chi connectivity index (χ0v) is 10.9. The number of carbonyl (C=O) groups excluding carboxylic acids is 1. The minimum Gasteiger partial charge on any atom is -0.392 e. The van der Waals surface area contributed by atoms with Gasteiger partial charge in [-0.2, -0.15) is 0 Å². The number of hydrogen-bond acceptors (Lipinski definition) is 2. The van der Waals surface area contributed by atoms with Gasteiger partial charge in [0, 0.05) is 11.8 Å². The molecule has 1 aromatic rings. The summed E-state index contributed by atoms with van der Waals surface area (Å²) in [5.74, 6) is 0.526. The van der Waals surface area contributed by atoms with Gasteiger partial charge in [0.2, 0.25) is 5.91 Å². The van der Waals surface area contributed by atoms with E-state index in [1.165, 1.54) is 12.8 Å². The van der Waals surface area contributed by atoms with Crippen LogP contribution in [0.15, 0.2) is 29.8 Å². The monoisotopic (exact) mass is 245 g/mol. The molecule has 0 unspecified atom stereocenters. The largest absolute Gasteiger partial charge is 0.392 e. The van der Waals surface area contributed by atoms with E-state index in [2.05, 4.69) is 5.32 Å². The Morgan fingerprint density at radius 1 is 1.50 bits per heavy atom. The maximum atomic E-state index is 11.9. The number of rotatable bonds is 4. The van der Waals surface area contributed by atoms with Gasteiger partial charge < -0.3 is 10.4 Å². The molecule has 0 radical (unpaired) electrons. The number of aryl methyl sites for hydroxylation is 1. The molecule has 2 N–H and O–H groups in total. The summed E-state index contributed by atoms with van der Waals surface area (Å²) >= 11 is 0. The number of aliphatic hydroxyl groups is 1. The molecule has 2 rings (SSSR count). The highest BCUT2D eigenvalue weighted by Gasteiger charge is 2.23. The first-order chi connectivity index (χ1) is 8.60. The summed E-state index contributed by atoms with van der Waals surface area (Å²) in [4.78, 5) is 11.9. The summed E-state index contributed by atoms with van der Waals surface area (Å²) in [6.45, 7) is 3.93. The summed E-state index contributed by atoms with van der Waals surface area (Å²) in [5.41, 5.74) is 3.73. The van der Waals surface area contributed by atoms with Gasteiger partial charge in [-0.1, -0.05) is 17.7 Å². The van der Waals surface area contributed by atoms with Gasteiger partial charge in [-0.25, -0.2) is 0 Å². The first-order valence-electron chi connectivity index (χ1n) is 6.29. The smallest absolute Gasteiger partial charge is 0.248 e. The van der Waals surface area contributed by atoms with Crippen LogP contribution in [0.1, 0.15) is 30.9 Å². The number of nitrogens with one attached hydrogen (secondary N) is 1. The van der Waals surface area contributed by atoms with Crippen LogP contribution in [-0.2, 0) is 11.4 Å². The highest BCUT2D eigenvalue weighted by molar-refractivity contribution is 6.00. The van der Waals surface area contributed by atoms with Crippen molar-refractivity contribution >= 4 is 11.6 Å². The van der Waals surface area contributed by atoms with Gasteiger partial charge >= 0.3 is 0 Å². The molecule has 0 atom stereocenters. The van der Waals surface area contributed by atoms with Crippen LogP contribution in [0, 0.1) is 12.8 Å². The first-order valence-corrected chi connectivity index (χ1v) is 6.29. The molecule has 96 valence electrons. The number of amides is 1. The number of hydrogen-bond donors (Lipinski definition) is 2. The lowest BCUT2D eigenvalue weighted by molar-refractivity contribution is -0.112. The Morgan fingerprint density at radius 3 is 2.83 bits per heavy atom. The summed E-state index contributed by atoms with van der Waals surface area (Å²) in [6.07, 6.45) is 4.09. The van der Waals surface area contributed by atoms with Gasteiger partial charge in [0.05, 0.1) is 6.61 Å². The van der Waals surface area contributed by atoms with E-state index in [0.717, 1.165) is 22.4 Å². The van der Waals surface area contributed by atoms with Crippen LogP contribution in [-0.4, -0.2) is 11.0 Å². The van der Waals surface area contributed by atoms with Crippen molar-refractivity contribution < 1.29 is 9.90 Å². The second-order valence-corrected chi connectivity index (χ2v) is 4.96. The van der Waals surface area contributed by atoms with Crippen molar-refractivity contribution in [3.05, 3.63) is 41.0 Å². The summed E-state index contributed by atoms with van der Waals surface area (Å²) in [7, 11) is 0. The van der Waals surface area contributed by atoms with E-state index in [0.29, 0.717) is 5.92 Å². The maximum absolute atomic E-state index is 11.9. The molecule has 0 saturated heterocycles. The van der Waals surface area contributed by atoms with E-state index in [-0.39, 0.29) is 12.5 Å². The van der Waals surface area contributed by atoms with E-state index in [4.69, 9.17) is 5.11 Å². The van der Waals surface area contributed by atoms with Crippen LogP contribution in [0.3, 0.4) is 0 Å². The fraction of sp³-hybridized carbons (Fsp3) is 0.400. The lowest BCUT2D eigenvalue weighted by Gasteiger charge is -2.08. The van der Waals surface area contributed by atoms with Gasteiger partial charge in [-0.05, 0) is 49.8 Å². The van der Waals surface area contributed by atoms with Crippen molar-refractivity contribution in [2.24, 2.45) is 5.92 Å². The Balaban J connectivity index is 2.08. The number of allylic oxidation sites excluding steroid dienone is 1. The van der Waals surface area contributed by atoms with Gasteiger partial charge in [-0.3, -0.25) is 4.79 Å². The number of aliphatic hydroxyl groups excluding tert-OH is 1. The van der Waals surface area contributed by atoms with Crippen molar-refractivity contribution in [3.63, 3.8) is 0 Å². The Morgan fingerprint density at radius 2 is 2.22 bits per heavy atom. The molecule has 3 nitrogen and oxygen atoms in total. The molecule has 1 amide bonds. The fourth-order valence-corrected chi connectivity index (χ4v) is 1.93. The number of carbonyl (C=O) groups is 1. The van der Waals surface area contributed by atoms with E-state index < -0.39 is 0 Å². The van der Waals surface area contributed by atoms with Crippen LogP contribution >= 0.6 is 0 Å². The van der Waals surface area contributed by atoms with Crippen molar-refractivity contribution in [1.82, 2.24) is 0 Å². The van der Waals surface area contributed by atoms with E-state index >= 15 is 0 Å². The lowest BCUT2D eigenvalue weighted by Crippen LogP contribution is -2.10. The molecule has 0 spiro atoms. The number of anilines is 1. The van der Waals surface area contributed by atoms with Crippen LogP contribution in [0.5, 0.6) is 0 Å². The van der Waals surface area contributed by atoms with Crippen molar-refractivity contribution in [1.29, 1.82) is 0 Å². The van der Waals surface area contributed by atoms with E-state index in [9.17, 15) is 4.79 Å². The lowest BCUT2D eigenvalue weighted by atomic mass is 10.1. The summed E-state index contributed by atoms with van der Waals surface area (Å²) in [6, 6.07) is 5.57.